The molecule has 0 bridgehead atoms. The van der Waals surface area contributed by atoms with E-state index >= 15 is 0 Å². The van der Waals surface area contributed by atoms with Gasteiger partial charge in [0.15, 0.2) is 12.4 Å². The maximum Gasteiger partial charge on any atom is 0.422 e. The Kier molecular flexibility index (Phi) is 6.04. The lowest BCUT2D eigenvalue weighted by molar-refractivity contribution is -0.153. The number of carbonyl (C=O) groups is 2. The first-order valence-corrected chi connectivity index (χ1v) is 7.20. The molecule has 0 fully saturated rings. The minimum absolute atomic E-state index is 0.0816. The Morgan fingerprint density at radius 2 is 1.80 bits per heavy atom. The molecule has 2 amide bonds. The number of halogens is 3. The van der Waals surface area contributed by atoms with Gasteiger partial charge < -0.3 is 19.8 Å². The van der Waals surface area contributed by atoms with Crippen molar-refractivity contribution in [1.29, 1.82) is 0 Å². The van der Waals surface area contributed by atoms with Gasteiger partial charge in [-0.05, 0) is 29.8 Å². The Morgan fingerprint density at radius 3 is 2.40 bits per heavy atom. The quantitative estimate of drug-likeness (QED) is 0.798. The van der Waals surface area contributed by atoms with Crippen molar-refractivity contribution in [2.45, 2.75) is 12.7 Å². The highest BCUT2D eigenvalue weighted by Crippen LogP contribution is 2.18. The number of rotatable bonds is 7. The van der Waals surface area contributed by atoms with E-state index in [-0.39, 0.29) is 24.6 Å². The lowest BCUT2D eigenvalue weighted by atomic mass is 10.2. The van der Waals surface area contributed by atoms with Gasteiger partial charge in [0.05, 0.1) is 12.8 Å². The monoisotopic (exact) mass is 356 g/mol. The van der Waals surface area contributed by atoms with Crippen molar-refractivity contribution < 1.29 is 31.9 Å². The molecule has 134 valence electrons. The third-order valence-corrected chi connectivity index (χ3v) is 2.97. The summed E-state index contributed by atoms with van der Waals surface area (Å²) in [6.45, 7) is -1.43. The second kappa shape index (κ2) is 8.22. The number of alkyl halides is 3. The number of ether oxygens (including phenoxy) is 1. The van der Waals surface area contributed by atoms with Gasteiger partial charge in [0.25, 0.3) is 5.91 Å². The van der Waals surface area contributed by atoms with Gasteiger partial charge >= 0.3 is 6.18 Å². The smallest absolute Gasteiger partial charge is 0.422 e. The van der Waals surface area contributed by atoms with Crippen molar-refractivity contribution in [2.24, 2.45) is 0 Å². The largest absolute Gasteiger partial charge is 0.484 e. The lowest BCUT2D eigenvalue weighted by Crippen LogP contribution is -2.36. The average molecular weight is 356 g/mol. The van der Waals surface area contributed by atoms with Gasteiger partial charge in [0, 0.05) is 6.54 Å². The number of amides is 2. The summed E-state index contributed by atoms with van der Waals surface area (Å²) in [5.74, 6) is -0.746. The Morgan fingerprint density at radius 1 is 1.08 bits per heavy atom. The Labute approximate surface area is 141 Å². The minimum Gasteiger partial charge on any atom is -0.484 e. The minimum atomic E-state index is -4.40. The van der Waals surface area contributed by atoms with Crippen LogP contribution < -0.4 is 15.4 Å². The molecule has 0 aliphatic rings. The van der Waals surface area contributed by atoms with Crippen LogP contribution in [-0.2, 0) is 11.3 Å². The van der Waals surface area contributed by atoms with Crippen molar-refractivity contribution in [3.05, 3.63) is 54.0 Å². The summed E-state index contributed by atoms with van der Waals surface area (Å²) in [6, 6.07) is 8.85. The number of hydrogen-bond acceptors (Lipinski definition) is 4. The van der Waals surface area contributed by atoms with Crippen LogP contribution in [-0.4, -0.2) is 31.1 Å². The summed E-state index contributed by atoms with van der Waals surface area (Å²) in [5.41, 5.74) is 0.671. The molecule has 0 radical (unpaired) electrons. The van der Waals surface area contributed by atoms with Crippen molar-refractivity contribution in [1.82, 2.24) is 10.6 Å². The van der Waals surface area contributed by atoms with Gasteiger partial charge in [0.2, 0.25) is 5.91 Å². The fraction of sp³-hybridized carbons (Fsp3) is 0.250. The fourth-order valence-corrected chi connectivity index (χ4v) is 1.79. The number of carbonyl (C=O) groups excluding carboxylic acids is 2. The van der Waals surface area contributed by atoms with E-state index in [9.17, 15) is 22.8 Å². The van der Waals surface area contributed by atoms with E-state index in [0.29, 0.717) is 5.56 Å². The van der Waals surface area contributed by atoms with Gasteiger partial charge in [-0.15, -0.1) is 0 Å². The van der Waals surface area contributed by atoms with Crippen molar-refractivity contribution >= 4 is 11.8 Å². The van der Waals surface area contributed by atoms with E-state index in [1.807, 2.05) is 0 Å². The Balaban J connectivity index is 1.71. The summed E-state index contributed by atoms with van der Waals surface area (Å²) in [4.78, 5) is 23.2. The van der Waals surface area contributed by atoms with E-state index < -0.39 is 24.6 Å². The molecule has 0 saturated carbocycles. The van der Waals surface area contributed by atoms with Crippen LogP contribution in [0.2, 0.25) is 0 Å². The summed E-state index contributed by atoms with van der Waals surface area (Å²) in [5, 5.41) is 4.96. The summed E-state index contributed by atoms with van der Waals surface area (Å²) in [7, 11) is 0. The molecule has 1 aromatic heterocycles. The van der Waals surface area contributed by atoms with E-state index in [4.69, 9.17) is 4.42 Å². The van der Waals surface area contributed by atoms with E-state index in [1.165, 1.54) is 36.6 Å². The predicted molar refractivity (Wildman–Crippen MR) is 80.9 cm³/mol. The van der Waals surface area contributed by atoms with Crippen molar-refractivity contribution in [3.63, 3.8) is 0 Å². The summed E-state index contributed by atoms with van der Waals surface area (Å²) >= 11 is 0. The first-order valence-electron chi connectivity index (χ1n) is 7.20. The highest BCUT2D eigenvalue weighted by molar-refractivity contribution is 5.94. The molecule has 0 spiro atoms. The second-order valence-electron chi connectivity index (χ2n) is 4.98. The third kappa shape index (κ3) is 6.58. The summed E-state index contributed by atoms with van der Waals surface area (Å²) < 4.78 is 45.6. The van der Waals surface area contributed by atoms with Crippen LogP contribution in [0.15, 0.2) is 47.1 Å². The second-order valence-corrected chi connectivity index (χ2v) is 4.98. The molecule has 0 unspecified atom stereocenters. The molecule has 2 aromatic rings. The van der Waals surface area contributed by atoms with Crippen LogP contribution in [0.1, 0.15) is 16.1 Å². The van der Waals surface area contributed by atoms with Crippen molar-refractivity contribution in [3.8, 4) is 5.75 Å². The molecule has 0 atom stereocenters. The molecule has 6 nitrogen and oxygen atoms in total. The molecule has 0 aliphatic carbocycles. The van der Waals surface area contributed by atoms with Crippen LogP contribution in [0.5, 0.6) is 5.75 Å². The topological polar surface area (TPSA) is 80.6 Å². The molecule has 0 saturated heterocycles. The van der Waals surface area contributed by atoms with Gasteiger partial charge in [-0.25, -0.2) is 0 Å². The molecule has 0 aliphatic heterocycles. The number of hydrogen-bond donors (Lipinski definition) is 2. The van der Waals surface area contributed by atoms with E-state index in [2.05, 4.69) is 15.4 Å². The van der Waals surface area contributed by atoms with Crippen LogP contribution in [0.3, 0.4) is 0 Å². The highest BCUT2D eigenvalue weighted by Gasteiger charge is 2.28. The zero-order chi connectivity index (χ0) is 18.3. The lowest BCUT2D eigenvalue weighted by Gasteiger charge is -2.10. The Bertz CT molecular complexity index is 697. The maximum atomic E-state index is 12.0. The number of benzene rings is 1. The zero-order valence-corrected chi connectivity index (χ0v) is 12.9. The molecular weight excluding hydrogens is 341 g/mol. The summed E-state index contributed by atoms with van der Waals surface area (Å²) in [6.07, 6.45) is -3.05. The Hall–Kier alpha value is -2.97. The van der Waals surface area contributed by atoms with Crippen LogP contribution in [0, 0.1) is 0 Å². The highest BCUT2D eigenvalue weighted by atomic mass is 19.4. The first-order chi connectivity index (χ1) is 11.8. The number of nitrogens with one attached hydrogen (secondary N) is 2. The zero-order valence-electron chi connectivity index (χ0n) is 12.9. The molecule has 9 heteroatoms. The molecule has 25 heavy (non-hydrogen) atoms. The van der Waals surface area contributed by atoms with Gasteiger partial charge in [-0.1, -0.05) is 12.1 Å². The van der Waals surface area contributed by atoms with E-state index in [1.54, 1.807) is 6.07 Å². The van der Waals surface area contributed by atoms with E-state index in [0.717, 1.165) is 0 Å². The predicted octanol–water partition coefficient (Wildman–Crippen LogP) is 2.27. The van der Waals surface area contributed by atoms with Gasteiger partial charge in [0.1, 0.15) is 5.75 Å². The third-order valence-electron chi connectivity index (χ3n) is 2.97. The molecular formula is C16H15F3N2O4. The molecule has 2 rings (SSSR count). The van der Waals surface area contributed by atoms with Gasteiger partial charge in [-0.3, -0.25) is 9.59 Å². The van der Waals surface area contributed by atoms with Crippen molar-refractivity contribution in [2.75, 3.05) is 13.2 Å². The van der Waals surface area contributed by atoms with Gasteiger partial charge in [-0.2, -0.15) is 13.2 Å². The fourth-order valence-electron chi connectivity index (χ4n) is 1.79. The molecule has 2 N–H and O–H groups in total. The maximum absolute atomic E-state index is 12.0. The molecule has 1 aromatic carbocycles. The first kappa shape index (κ1) is 18.4. The van der Waals surface area contributed by atoms with Crippen LogP contribution in [0.4, 0.5) is 13.2 Å². The van der Waals surface area contributed by atoms with Crippen LogP contribution in [0.25, 0.3) is 0 Å². The average Bonchev–Trinajstić information content (AvgIpc) is 3.11. The SMILES string of the molecule is O=C(CNC(=O)c1ccco1)NCc1ccc(OCC(F)(F)F)cc1. The number of furan rings is 1. The normalized spacial score (nSPS) is 11.0. The van der Waals surface area contributed by atoms with Crippen LogP contribution >= 0.6 is 0 Å². The standard InChI is InChI=1S/C16H15F3N2O4/c17-16(18,19)10-25-12-5-3-11(4-6-12)8-20-14(22)9-21-15(23)13-2-1-7-24-13/h1-7H,8-10H2,(H,20,22)(H,21,23). The molecule has 1 heterocycles.